The number of methoxy groups -OCH3 is 1. The monoisotopic (exact) mass is 247 g/mol. The number of hydrogen-bond acceptors (Lipinski definition) is 3. The molecule has 0 aromatic carbocycles. The van der Waals surface area contributed by atoms with Gasteiger partial charge in [0.05, 0.1) is 18.0 Å². The first-order chi connectivity index (χ1) is 6.13. The first-order valence-electron chi connectivity index (χ1n) is 3.50. The zero-order chi connectivity index (χ0) is 9.84. The van der Waals surface area contributed by atoms with Gasteiger partial charge in [-0.05, 0) is 27.6 Å². The third kappa shape index (κ3) is 2.77. The van der Waals surface area contributed by atoms with Crippen LogP contribution in [0.1, 0.15) is 5.56 Å². The molecule has 0 amide bonds. The zero-order valence-electron chi connectivity index (χ0n) is 6.88. The summed E-state index contributed by atoms with van der Waals surface area (Å²) in [7, 11) is 1.30. The van der Waals surface area contributed by atoms with E-state index in [1.165, 1.54) is 19.4 Å². The van der Waals surface area contributed by atoms with Crippen LogP contribution in [0, 0.1) is 5.95 Å². The molecule has 0 N–H and O–H groups in total. The van der Waals surface area contributed by atoms with Gasteiger partial charge in [0.2, 0.25) is 5.95 Å². The lowest BCUT2D eigenvalue weighted by atomic mass is 10.2. The van der Waals surface area contributed by atoms with Gasteiger partial charge in [-0.15, -0.1) is 0 Å². The SMILES string of the molecule is COC(=O)Cc1cnc(F)c(Br)c1. The van der Waals surface area contributed by atoms with E-state index in [0.717, 1.165) is 0 Å². The van der Waals surface area contributed by atoms with Crippen molar-refractivity contribution in [3.05, 3.63) is 28.2 Å². The summed E-state index contributed by atoms with van der Waals surface area (Å²) in [6, 6.07) is 1.50. The maximum Gasteiger partial charge on any atom is 0.310 e. The summed E-state index contributed by atoms with van der Waals surface area (Å²) in [6.07, 6.45) is 1.40. The summed E-state index contributed by atoms with van der Waals surface area (Å²) in [5, 5.41) is 0. The number of esters is 1. The largest absolute Gasteiger partial charge is 0.469 e. The Morgan fingerprint density at radius 1 is 1.77 bits per heavy atom. The molecular weight excluding hydrogens is 241 g/mol. The molecule has 0 aliphatic heterocycles. The second-order valence-corrected chi connectivity index (χ2v) is 3.22. The molecule has 1 aromatic heterocycles. The van der Waals surface area contributed by atoms with Gasteiger partial charge in [0.1, 0.15) is 0 Å². The van der Waals surface area contributed by atoms with E-state index in [9.17, 15) is 9.18 Å². The van der Waals surface area contributed by atoms with Crippen LogP contribution in [0.15, 0.2) is 16.7 Å². The van der Waals surface area contributed by atoms with Crippen LogP contribution in [-0.2, 0) is 16.0 Å². The van der Waals surface area contributed by atoms with E-state index in [1.807, 2.05) is 0 Å². The standard InChI is InChI=1S/C8H7BrFNO2/c1-13-7(12)3-5-2-6(9)8(10)11-4-5/h2,4H,3H2,1H3. The van der Waals surface area contributed by atoms with Crippen molar-refractivity contribution in [1.29, 1.82) is 0 Å². The Labute approximate surface area is 83.1 Å². The molecule has 3 nitrogen and oxygen atoms in total. The number of carbonyl (C=O) groups excluding carboxylic acids is 1. The van der Waals surface area contributed by atoms with Gasteiger partial charge in [0.15, 0.2) is 0 Å². The molecule has 0 radical (unpaired) electrons. The minimum atomic E-state index is -0.589. The molecule has 0 aliphatic carbocycles. The van der Waals surface area contributed by atoms with E-state index in [-0.39, 0.29) is 16.9 Å². The van der Waals surface area contributed by atoms with Crippen molar-refractivity contribution in [2.45, 2.75) is 6.42 Å². The number of hydrogen-bond donors (Lipinski definition) is 0. The number of rotatable bonds is 2. The molecule has 0 spiro atoms. The van der Waals surface area contributed by atoms with Crippen molar-refractivity contribution in [3.63, 3.8) is 0 Å². The van der Waals surface area contributed by atoms with Crippen LogP contribution in [-0.4, -0.2) is 18.1 Å². The number of halogens is 2. The molecule has 1 aromatic rings. The summed E-state index contributed by atoms with van der Waals surface area (Å²) >= 11 is 2.97. The average Bonchev–Trinajstić information content (AvgIpc) is 2.11. The predicted octanol–water partition coefficient (Wildman–Crippen LogP) is 1.70. The molecule has 0 saturated carbocycles. The molecule has 0 bridgehead atoms. The fraction of sp³-hybridized carbons (Fsp3) is 0.250. The van der Waals surface area contributed by atoms with Gasteiger partial charge in [0.25, 0.3) is 0 Å². The quantitative estimate of drug-likeness (QED) is 0.590. The predicted molar refractivity (Wildman–Crippen MR) is 47.6 cm³/mol. The molecular formula is C8H7BrFNO2. The molecule has 0 aliphatic rings. The third-order valence-corrected chi connectivity index (χ3v) is 1.99. The first-order valence-corrected chi connectivity index (χ1v) is 4.29. The summed E-state index contributed by atoms with van der Waals surface area (Å²) in [6.45, 7) is 0. The number of nitrogens with zero attached hydrogens (tertiary/aromatic N) is 1. The lowest BCUT2D eigenvalue weighted by Gasteiger charge is -2.00. The Morgan fingerprint density at radius 3 is 3.00 bits per heavy atom. The van der Waals surface area contributed by atoms with E-state index in [0.29, 0.717) is 5.56 Å². The molecule has 13 heavy (non-hydrogen) atoms. The van der Waals surface area contributed by atoms with E-state index < -0.39 is 5.95 Å². The minimum absolute atomic E-state index is 0.0996. The molecule has 1 rings (SSSR count). The lowest BCUT2D eigenvalue weighted by Crippen LogP contribution is -2.05. The molecule has 0 unspecified atom stereocenters. The minimum Gasteiger partial charge on any atom is -0.469 e. The van der Waals surface area contributed by atoms with Gasteiger partial charge >= 0.3 is 5.97 Å². The topological polar surface area (TPSA) is 39.2 Å². The highest BCUT2D eigenvalue weighted by Crippen LogP contribution is 2.14. The highest BCUT2D eigenvalue weighted by Gasteiger charge is 2.06. The summed E-state index contributed by atoms with van der Waals surface area (Å²) < 4.78 is 17.3. The maximum atomic E-state index is 12.6. The first kappa shape index (κ1) is 10.1. The maximum absolute atomic E-state index is 12.6. The second kappa shape index (κ2) is 4.32. The molecule has 0 saturated heterocycles. The van der Waals surface area contributed by atoms with Crippen LogP contribution in [0.25, 0.3) is 0 Å². The van der Waals surface area contributed by atoms with E-state index in [4.69, 9.17) is 0 Å². The summed E-state index contributed by atoms with van der Waals surface area (Å²) in [5.41, 5.74) is 0.611. The van der Waals surface area contributed by atoms with Gasteiger partial charge in [-0.3, -0.25) is 4.79 Å². The highest BCUT2D eigenvalue weighted by atomic mass is 79.9. The van der Waals surface area contributed by atoms with Crippen LogP contribution in [0.2, 0.25) is 0 Å². The number of ether oxygens (including phenoxy) is 1. The van der Waals surface area contributed by atoms with Gasteiger partial charge in [-0.25, -0.2) is 4.98 Å². The third-order valence-electron chi connectivity index (χ3n) is 1.43. The Bertz CT molecular complexity index is 330. The fourth-order valence-corrected chi connectivity index (χ4v) is 1.19. The van der Waals surface area contributed by atoms with Crippen molar-refractivity contribution >= 4 is 21.9 Å². The van der Waals surface area contributed by atoms with Crippen LogP contribution in [0.4, 0.5) is 4.39 Å². The zero-order valence-corrected chi connectivity index (χ0v) is 8.47. The number of pyridine rings is 1. The van der Waals surface area contributed by atoms with Crippen LogP contribution in [0.3, 0.4) is 0 Å². The summed E-state index contributed by atoms with van der Waals surface area (Å²) in [5.74, 6) is -0.964. The lowest BCUT2D eigenvalue weighted by molar-refractivity contribution is -0.139. The van der Waals surface area contributed by atoms with Gasteiger partial charge in [-0.1, -0.05) is 0 Å². The van der Waals surface area contributed by atoms with Crippen LogP contribution in [0.5, 0.6) is 0 Å². The Balaban J connectivity index is 2.79. The molecule has 0 atom stereocenters. The highest BCUT2D eigenvalue weighted by molar-refractivity contribution is 9.10. The van der Waals surface area contributed by atoms with Gasteiger partial charge in [0, 0.05) is 6.20 Å². The number of carbonyl (C=O) groups is 1. The van der Waals surface area contributed by atoms with Crippen molar-refractivity contribution in [2.75, 3.05) is 7.11 Å². The average molecular weight is 248 g/mol. The van der Waals surface area contributed by atoms with Gasteiger partial charge < -0.3 is 4.74 Å². The molecule has 5 heteroatoms. The van der Waals surface area contributed by atoms with Crippen LogP contribution >= 0.6 is 15.9 Å². The van der Waals surface area contributed by atoms with E-state index >= 15 is 0 Å². The normalized spacial score (nSPS) is 9.77. The van der Waals surface area contributed by atoms with Crippen molar-refractivity contribution < 1.29 is 13.9 Å². The van der Waals surface area contributed by atoms with E-state index in [1.54, 1.807) is 0 Å². The smallest absolute Gasteiger partial charge is 0.310 e. The molecule has 1 heterocycles. The Morgan fingerprint density at radius 2 is 2.46 bits per heavy atom. The fourth-order valence-electron chi connectivity index (χ4n) is 0.796. The van der Waals surface area contributed by atoms with Crippen molar-refractivity contribution in [2.24, 2.45) is 0 Å². The molecule has 70 valence electrons. The van der Waals surface area contributed by atoms with Crippen molar-refractivity contribution in [3.8, 4) is 0 Å². The second-order valence-electron chi connectivity index (χ2n) is 2.37. The molecule has 0 fully saturated rings. The van der Waals surface area contributed by atoms with E-state index in [2.05, 4.69) is 25.7 Å². The van der Waals surface area contributed by atoms with Crippen LogP contribution < -0.4 is 0 Å². The summed E-state index contributed by atoms with van der Waals surface area (Å²) in [4.78, 5) is 14.3. The Kier molecular flexibility index (Phi) is 3.36. The van der Waals surface area contributed by atoms with Gasteiger partial charge in [-0.2, -0.15) is 4.39 Å². The number of aromatic nitrogens is 1. The Hall–Kier alpha value is -0.970. The van der Waals surface area contributed by atoms with Crippen molar-refractivity contribution in [1.82, 2.24) is 4.98 Å².